The molecule has 0 saturated heterocycles. The van der Waals surface area contributed by atoms with Gasteiger partial charge in [0.25, 0.3) is 5.91 Å². The molecule has 5 nitrogen and oxygen atoms in total. The van der Waals surface area contributed by atoms with E-state index in [1.54, 1.807) is 19.2 Å². The molecule has 1 rings (SSSR count). The number of ether oxygens (including phenoxy) is 1. The SMILES string of the molecule is CCCNc1cc(C(=O)NC(CCC)COC)cc(Cl)n1. The molecular weight excluding hydrogens is 290 g/mol. The maximum atomic E-state index is 12.3. The summed E-state index contributed by atoms with van der Waals surface area (Å²) < 4.78 is 5.13. The molecule has 0 bridgehead atoms. The Hall–Kier alpha value is -1.33. The second-order valence-electron chi connectivity index (χ2n) is 4.90. The van der Waals surface area contributed by atoms with Crippen LogP contribution in [0.4, 0.5) is 5.82 Å². The first-order chi connectivity index (χ1) is 10.1. The van der Waals surface area contributed by atoms with Crippen LogP contribution in [-0.2, 0) is 4.74 Å². The molecule has 1 aromatic rings. The van der Waals surface area contributed by atoms with Crippen molar-refractivity contribution in [3.05, 3.63) is 22.8 Å². The van der Waals surface area contributed by atoms with Crippen LogP contribution in [0.15, 0.2) is 12.1 Å². The van der Waals surface area contributed by atoms with Gasteiger partial charge >= 0.3 is 0 Å². The molecule has 6 heteroatoms. The van der Waals surface area contributed by atoms with Gasteiger partial charge in [-0.2, -0.15) is 0 Å². The minimum Gasteiger partial charge on any atom is -0.383 e. The summed E-state index contributed by atoms with van der Waals surface area (Å²) in [6, 6.07) is 3.29. The first kappa shape index (κ1) is 17.7. The first-order valence-corrected chi connectivity index (χ1v) is 7.69. The van der Waals surface area contributed by atoms with Crippen molar-refractivity contribution >= 4 is 23.3 Å². The van der Waals surface area contributed by atoms with Crippen LogP contribution in [0.3, 0.4) is 0 Å². The largest absolute Gasteiger partial charge is 0.383 e. The lowest BCUT2D eigenvalue weighted by atomic mass is 10.1. The van der Waals surface area contributed by atoms with E-state index >= 15 is 0 Å². The van der Waals surface area contributed by atoms with Crippen molar-refractivity contribution in [1.82, 2.24) is 10.3 Å². The van der Waals surface area contributed by atoms with Crippen molar-refractivity contribution in [3.8, 4) is 0 Å². The molecule has 1 unspecified atom stereocenters. The van der Waals surface area contributed by atoms with E-state index in [1.165, 1.54) is 0 Å². The fraction of sp³-hybridized carbons (Fsp3) is 0.600. The molecule has 0 spiro atoms. The van der Waals surface area contributed by atoms with Crippen LogP contribution < -0.4 is 10.6 Å². The molecule has 0 aliphatic heterocycles. The summed E-state index contributed by atoms with van der Waals surface area (Å²) >= 11 is 5.98. The predicted molar refractivity (Wildman–Crippen MR) is 86.1 cm³/mol. The van der Waals surface area contributed by atoms with Crippen LogP contribution >= 0.6 is 11.6 Å². The van der Waals surface area contributed by atoms with E-state index in [2.05, 4.69) is 29.5 Å². The summed E-state index contributed by atoms with van der Waals surface area (Å²) in [6.07, 6.45) is 2.83. The number of anilines is 1. The van der Waals surface area contributed by atoms with Crippen LogP contribution in [0.2, 0.25) is 5.15 Å². The van der Waals surface area contributed by atoms with E-state index in [4.69, 9.17) is 16.3 Å². The molecule has 1 aromatic heterocycles. The zero-order valence-electron chi connectivity index (χ0n) is 12.9. The highest BCUT2D eigenvalue weighted by molar-refractivity contribution is 6.29. The van der Waals surface area contributed by atoms with E-state index < -0.39 is 0 Å². The lowest BCUT2D eigenvalue weighted by molar-refractivity contribution is 0.0891. The van der Waals surface area contributed by atoms with Crippen molar-refractivity contribution < 1.29 is 9.53 Å². The fourth-order valence-corrected chi connectivity index (χ4v) is 2.20. The number of pyridine rings is 1. The molecule has 0 fully saturated rings. The Kier molecular flexibility index (Phi) is 8.08. The van der Waals surface area contributed by atoms with Gasteiger partial charge in [-0.15, -0.1) is 0 Å². The summed E-state index contributed by atoms with van der Waals surface area (Å²) in [4.78, 5) is 16.5. The number of hydrogen-bond acceptors (Lipinski definition) is 4. The molecule has 0 aromatic carbocycles. The Labute approximate surface area is 131 Å². The number of carbonyl (C=O) groups excluding carboxylic acids is 1. The zero-order chi connectivity index (χ0) is 15.7. The average molecular weight is 314 g/mol. The lowest BCUT2D eigenvalue weighted by Crippen LogP contribution is -2.38. The lowest BCUT2D eigenvalue weighted by Gasteiger charge is -2.17. The number of nitrogens with one attached hydrogen (secondary N) is 2. The van der Waals surface area contributed by atoms with E-state index in [0.717, 1.165) is 25.8 Å². The summed E-state index contributed by atoms with van der Waals surface area (Å²) in [7, 11) is 1.63. The molecule has 0 aliphatic carbocycles. The molecule has 0 aliphatic rings. The number of halogens is 1. The van der Waals surface area contributed by atoms with E-state index in [1.807, 2.05) is 0 Å². The van der Waals surface area contributed by atoms with Crippen LogP contribution in [0.25, 0.3) is 0 Å². The maximum Gasteiger partial charge on any atom is 0.251 e. The third kappa shape index (κ3) is 6.31. The number of hydrogen-bond donors (Lipinski definition) is 2. The van der Waals surface area contributed by atoms with Crippen molar-refractivity contribution in [2.24, 2.45) is 0 Å². The summed E-state index contributed by atoms with van der Waals surface area (Å²) in [5, 5.41) is 6.41. The number of methoxy groups -OCH3 is 1. The Balaban J connectivity index is 2.78. The van der Waals surface area contributed by atoms with Gasteiger partial charge in [-0.3, -0.25) is 4.79 Å². The maximum absolute atomic E-state index is 12.3. The average Bonchev–Trinajstić information content (AvgIpc) is 2.45. The van der Waals surface area contributed by atoms with Gasteiger partial charge in [0, 0.05) is 19.2 Å². The molecule has 118 valence electrons. The molecule has 1 heterocycles. The van der Waals surface area contributed by atoms with Crippen LogP contribution in [0, 0.1) is 0 Å². The van der Waals surface area contributed by atoms with E-state index in [0.29, 0.717) is 23.1 Å². The molecule has 0 saturated carbocycles. The third-order valence-corrected chi connectivity index (χ3v) is 3.15. The van der Waals surface area contributed by atoms with Crippen molar-refractivity contribution in [2.45, 2.75) is 39.2 Å². The number of aromatic nitrogens is 1. The number of carbonyl (C=O) groups is 1. The van der Waals surface area contributed by atoms with Crippen LogP contribution in [0.1, 0.15) is 43.5 Å². The van der Waals surface area contributed by atoms with Crippen molar-refractivity contribution in [1.29, 1.82) is 0 Å². The Morgan fingerprint density at radius 3 is 2.76 bits per heavy atom. The summed E-state index contributed by atoms with van der Waals surface area (Å²) in [5.41, 5.74) is 0.505. The van der Waals surface area contributed by atoms with Gasteiger partial charge in [-0.1, -0.05) is 31.9 Å². The smallest absolute Gasteiger partial charge is 0.251 e. The van der Waals surface area contributed by atoms with Crippen LogP contribution in [-0.4, -0.2) is 37.2 Å². The molecule has 1 atom stereocenters. The third-order valence-electron chi connectivity index (χ3n) is 2.95. The second kappa shape index (κ2) is 9.58. The Bertz CT molecular complexity index is 449. The van der Waals surface area contributed by atoms with Gasteiger partial charge in [0.05, 0.1) is 12.6 Å². The predicted octanol–water partition coefficient (Wildman–Crippen LogP) is 3.10. The van der Waals surface area contributed by atoms with E-state index in [9.17, 15) is 4.79 Å². The summed E-state index contributed by atoms with van der Waals surface area (Å²) in [6.45, 7) is 5.42. The zero-order valence-corrected chi connectivity index (χ0v) is 13.7. The van der Waals surface area contributed by atoms with Crippen LogP contribution in [0.5, 0.6) is 0 Å². The summed E-state index contributed by atoms with van der Waals surface area (Å²) in [5.74, 6) is 0.461. The fourth-order valence-electron chi connectivity index (χ4n) is 1.99. The normalized spacial score (nSPS) is 12.0. The highest BCUT2D eigenvalue weighted by atomic mass is 35.5. The molecular formula is C15H24ClN3O2. The second-order valence-corrected chi connectivity index (χ2v) is 5.29. The van der Waals surface area contributed by atoms with Gasteiger partial charge in [0.1, 0.15) is 11.0 Å². The van der Waals surface area contributed by atoms with Gasteiger partial charge in [0.2, 0.25) is 0 Å². The molecule has 2 N–H and O–H groups in total. The Morgan fingerprint density at radius 1 is 1.38 bits per heavy atom. The van der Waals surface area contributed by atoms with Crippen molar-refractivity contribution in [3.63, 3.8) is 0 Å². The minimum absolute atomic E-state index is 0.00601. The quantitative estimate of drug-likeness (QED) is 0.688. The highest BCUT2D eigenvalue weighted by Crippen LogP contribution is 2.15. The Morgan fingerprint density at radius 2 is 2.14 bits per heavy atom. The number of amides is 1. The van der Waals surface area contributed by atoms with Gasteiger partial charge in [0.15, 0.2) is 0 Å². The topological polar surface area (TPSA) is 63.2 Å². The van der Waals surface area contributed by atoms with Gasteiger partial charge in [-0.25, -0.2) is 4.98 Å². The van der Waals surface area contributed by atoms with Gasteiger partial charge in [-0.05, 0) is 25.0 Å². The van der Waals surface area contributed by atoms with Crippen molar-refractivity contribution in [2.75, 3.05) is 25.6 Å². The first-order valence-electron chi connectivity index (χ1n) is 7.31. The minimum atomic E-state index is -0.158. The van der Waals surface area contributed by atoms with E-state index in [-0.39, 0.29) is 11.9 Å². The molecule has 21 heavy (non-hydrogen) atoms. The monoisotopic (exact) mass is 313 g/mol. The molecule has 0 radical (unpaired) electrons. The standard InChI is InChI=1S/C15H24ClN3O2/c1-4-6-12(10-21-3)18-15(20)11-8-13(16)19-14(9-11)17-7-5-2/h8-9,12H,4-7,10H2,1-3H3,(H,17,19)(H,18,20). The highest BCUT2D eigenvalue weighted by Gasteiger charge is 2.14. The van der Waals surface area contributed by atoms with Gasteiger partial charge < -0.3 is 15.4 Å². The number of rotatable bonds is 9. The molecule has 1 amide bonds. The number of nitrogens with zero attached hydrogens (tertiary/aromatic N) is 1.